The number of para-hydroxylation sites is 1. The van der Waals surface area contributed by atoms with Crippen LogP contribution in [0.4, 0.5) is 5.69 Å². The maximum atomic E-state index is 13.8. The van der Waals surface area contributed by atoms with Crippen LogP contribution in [0.2, 0.25) is 0 Å². The average molecular weight is 428 g/mol. The predicted molar refractivity (Wildman–Crippen MR) is 122 cm³/mol. The molecule has 0 spiro atoms. The van der Waals surface area contributed by atoms with E-state index in [9.17, 15) is 14.4 Å². The van der Waals surface area contributed by atoms with E-state index in [1.54, 1.807) is 42.3 Å². The van der Waals surface area contributed by atoms with Crippen molar-refractivity contribution in [2.45, 2.75) is 25.4 Å². The van der Waals surface area contributed by atoms with Crippen molar-refractivity contribution in [3.05, 3.63) is 95.6 Å². The molecule has 4 rings (SSSR count). The van der Waals surface area contributed by atoms with Gasteiger partial charge in [0.05, 0.1) is 19.3 Å². The van der Waals surface area contributed by atoms with Crippen molar-refractivity contribution < 1.29 is 19.1 Å². The first kappa shape index (κ1) is 21.3. The Labute approximate surface area is 186 Å². The monoisotopic (exact) mass is 428 g/mol. The number of Topliss-reactive ketones (excluding diaryl/α,β-unsaturated/α-hetero) is 1. The van der Waals surface area contributed by atoms with Gasteiger partial charge in [-0.1, -0.05) is 48.5 Å². The molecule has 0 saturated carbocycles. The lowest BCUT2D eigenvalue weighted by molar-refractivity contribution is -0.130. The maximum Gasteiger partial charge on any atom is 0.258 e. The van der Waals surface area contributed by atoms with Crippen LogP contribution in [0.3, 0.4) is 0 Å². The Morgan fingerprint density at radius 3 is 2.25 bits per heavy atom. The highest BCUT2D eigenvalue weighted by atomic mass is 16.5. The molecule has 6 heteroatoms. The Bertz CT molecular complexity index is 1160. The fraction of sp³-hybridized carbons (Fsp3) is 0.192. The Morgan fingerprint density at radius 1 is 0.938 bits per heavy atom. The van der Waals surface area contributed by atoms with Crippen LogP contribution in [-0.4, -0.2) is 24.7 Å². The lowest BCUT2D eigenvalue weighted by Crippen LogP contribution is -2.53. The van der Waals surface area contributed by atoms with Gasteiger partial charge in [0.1, 0.15) is 5.75 Å². The number of carbonyl (C=O) groups is 3. The molecule has 1 aliphatic heterocycles. The molecule has 0 saturated heterocycles. The average Bonchev–Trinajstić information content (AvgIpc) is 3.02. The second kappa shape index (κ2) is 8.67. The molecule has 3 aromatic carbocycles. The molecule has 32 heavy (non-hydrogen) atoms. The van der Waals surface area contributed by atoms with Gasteiger partial charge in [0.2, 0.25) is 5.91 Å². The van der Waals surface area contributed by atoms with Gasteiger partial charge in [-0.15, -0.1) is 0 Å². The van der Waals surface area contributed by atoms with Crippen molar-refractivity contribution in [2.24, 2.45) is 0 Å². The largest absolute Gasteiger partial charge is 0.497 e. The van der Waals surface area contributed by atoms with Crippen LogP contribution in [0.1, 0.15) is 34.8 Å². The van der Waals surface area contributed by atoms with Gasteiger partial charge in [-0.2, -0.15) is 0 Å². The number of methoxy groups -OCH3 is 1. The van der Waals surface area contributed by atoms with Crippen LogP contribution in [0.15, 0.2) is 78.9 Å². The second-order valence-electron chi connectivity index (χ2n) is 7.81. The van der Waals surface area contributed by atoms with E-state index in [2.05, 4.69) is 5.32 Å². The molecule has 3 aromatic rings. The molecule has 0 fully saturated rings. The van der Waals surface area contributed by atoms with E-state index in [4.69, 9.17) is 4.74 Å². The van der Waals surface area contributed by atoms with E-state index < -0.39 is 5.54 Å². The predicted octanol–water partition coefficient (Wildman–Crippen LogP) is 3.85. The third-order valence-electron chi connectivity index (χ3n) is 5.68. The number of benzene rings is 3. The number of anilines is 1. The first-order chi connectivity index (χ1) is 15.4. The smallest absolute Gasteiger partial charge is 0.258 e. The number of ketones is 1. The Morgan fingerprint density at radius 2 is 1.59 bits per heavy atom. The number of nitrogens with one attached hydrogen (secondary N) is 1. The molecule has 1 heterocycles. The number of rotatable bonds is 7. The summed E-state index contributed by atoms with van der Waals surface area (Å²) in [5.41, 5.74) is 1.25. The van der Waals surface area contributed by atoms with E-state index in [1.807, 2.05) is 48.5 Å². The van der Waals surface area contributed by atoms with E-state index in [-0.39, 0.29) is 24.0 Å². The number of amides is 2. The molecular formula is C26H24N2O4. The molecule has 0 aliphatic carbocycles. The van der Waals surface area contributed by atoms with Crippen molar-refractivity contribution in [1.29, 1.82) is 0 Å². The van der Waals surface area contributed by atoms with Gasteiger partial charge in [0.15, 0.2) is 11.3 Å². The molecular weight excluding hydrogens is 404 g/mol. The summed E-state index contributed by atoms with van der Waals surface area (Å²) in [4.78, 5) is 40.9. The van der Waals surface area contributed by atoms with Crippen LogP contribution in [0.25, 0.3) is 0 Å². The number of fused-ring (bicyclic) bond motifs is 1. The summed E-state index contributed by atoms with van der Waals surface area (Å²) in [6, 6.07) is 23.7. The van der Waals surface area contributed by atoms with Gasteiger partial charge < -0.3 is 15.0 Å². The zero-order chi connectivity index (χ0) is 22.7. The Kier molecular flexibility index (Phi) is 5.77. The lowest BCUT2D eigenvalue weighted by atomic mass is 9.84. The number of ether oxygens (including phenoxy) is 1. The summed E-state index contributed by atoms with van der Waals surface area (Å²) in [7, 11) is 1.55. The number of nitrogens with zero attached hydrogens (tertiary/aromatic N) is 1. The summed E-state index contributed by atoms with van der Waals surface area (Å²) in [5, 5.41) is 2.82. The number of carbonyl (C=O) groups excluding carboxylic acids is 3. The van der Waals surface area contributed by atoms with Crippen molar-refractivity contribution in [3.63, 3.8) is 0 Å². The lowest BCUT2D eigenvalue weighted by Gasteiger charge is -2.29. The summed E-state index contributed by atoms with van der Waals surface area (Å²) >= 11 is 0. The van der Waals surface area contributed by atoms with Gasteiger partial charge in [0.25, 0.3) is 5.91 Å². The molecule has 1 N–H and O–H groups in total. The summed E-state index contributed by atoms with van der Waals surface area (Å²) in [6.07, 6.45) is -0.181. The molecule has 0 aromatic heterocycles. The topological polar surface area (TPSA) is 75.7 Å². The molecule has 1 atom stereocenters. The molecule has 1 aliphatic rings. The van der Waals surface area contributed by atoms with Crippen LogP contribution < -0.4 is 15.0 Å². The Hall–Kier alpha value is -3.93. The first-order valence-corrected chi connectivity index (χ1v) is 10.4. The fourth-order valence-corrected chi connectivity index (χ4v) is 4.20. The van der Waals surface area contributed by atoms with Crippen LogP contribution in [0.5, 0.6) is 5.75 Å². The van der Waals surface area contributed by atoms with Gasteiger partial charge in [-0.25, -0.2) is 0 Å². The molecule has 162 valence electrons. The van der Waals surface area contributed by atoms with Crippen molar-refractivity contribution >= 4 is 23.3 Å². The highest BCUT2D eigenvalue weighted by molar-refractivity contribution is 6.12. The van der Waals surface area contributed by atoms with E-state index >= 15 is 0 Å². The van der Waals surface area contributed by atoms with Crippen LogP contribution >= 0.6 is 0 Å². The standard InChI is InChI=1S/C26H24N2O4/c1-18(29)27-26(16-24(30)20-12-14-21(32-2)15-13-20)22-10-6-7-11-23(22)28(25(26)31)17-19-8-4-3-5-9-19/h3-15H,16-17H2,1-2H3,(H,27,29)/t26-/m1/s1. The number of hydrogen-bond donors (Lipinski definition) is 1. The second-order valence-corrected chi connectivity index (χ2v) is 7.81. The molecule has 6 nitrogen and oxygen atoms in total. The summed E-state index contributed by atoms with van der Waals surface area (Å²) in [6.45, 7) is 1.70. The van der Waals surface area contributed by atoms with Gasteiger partial charge in [-0.05, 0) is 35.9 Å². The van der Waals surface area contributed by atoms with Gasteiger partial charge in [-0.3, -0.25) is 14.4 Å². The minimum absolute atomic E-state index is 0.181. The molecule has 2 amide bonds. The van der Waals surface area contributed by atoms with Crippen LogP contribution in [0, 0.1) is 0 Å². The minimum Gasteiger partial charge on any atom is -0.497 e. The zero-order valence-electron chi connectivity index (χ0n) is 18.0. The van der Waals surface area contributed by atoms with Crippen LogP contribution in [-0.2, 0) is 21.7 Å². The van der Waals surface area contributed by atoms with Crippen molar-refractivity contribution in [1.82, 2.24) is 5.32 Å². The zero-order valence-corrected chi connectivity index (χ0v) is 18.0. The third-order valence-corrected chi connectivity index (χ3v) is 5.68. The fourth-order valence-electron chi connectivity index (χ4n) is 4.20. The highest BCUT2D eigenvalue weighted by Crippen LogP contribution is 2.43. The Balaban J connectivity index is 1.75. The molecule has 0 radical (unpaired) electrons. The van der Waals surface area contributed by atoms with E-state index in [1.165, 1.54) is 6.92 Å². The highest BCUT2D eigenvalue weighted by Gasteiger charge is 2.52. The third kappa shape index (κ3) is 3.87. The molecule has 0 unspecified atom stereocenters. The van der Waals surface area contributed by atoms with Crippen molar-refractivity contribution in [2.75, 3.05) is 12.0 Å². The molecule has 0 bridgehead atoms. The maximum absolute atomic E-state index is 13.8. The number of hydrogen-bond acceptors (Lipinski definition) is 4. The minimum atomic E-state index is -1.46. The van der Waals surface area contributed by atoms with E-state index in [0.29, 0.717) is 29.1 Å². The normalized spacial score (nSPS) is 17.1. The van der Waals surface area contributed by atoms with Crippen molar-refractivity contribution in [3.8, 4) is 5.75 Å². The SMILES string of the molecule is COc1ccc(C(=O)C[C@]2(NC(C)=O)C(=O)N(Cc3ccccc3)c3ccccc32)cc1. The summed E-state index contributed by atoms with van der Waals surface area (Å²) < 4.78 is 5.16. The quantitative estimate of drug-likeness (QED) is 0.580. The van der Waals surface area contributed by atoms with Gasteiger partial charge in [0, 0.05) is 24.5 Å². The van der Waals surface area contributed by atoms with Gasteiger partial charge >= 0.3 is 0 Å². The van der Waals surface area contributed by atoms with E-state index in [0.717, 1.165) is 5.56 Å². The summed E-state index contributed by atoms with van der Waals surface area (Å²) in [5.74, 6) is -0.308. The first-order valence-electron chi connectivity index (χ1n) is 10.4.